The predicted molar refractivity (Wildman–Crippen MR) is 78.9 cm³/mol. The highest BCUT2D eigenvalue weighted by Crippen LogP contribution is 2.22. The maximum atomic E-state index is 11.7. The number of esters is 1. The van der Waals surface area contributed by atoms with Crippen molar-refractivity contribution in [1.82, 2.24) is 0 Å². The Kier molecular flexibility index (Phi) is 5.82. The SMILES string of the molecule is COC(=O)C(CC(C)C)Nc1ccc(C(N)=O)c(Cl)c1. The van der Waals surface area contributed by atoms with E-state index in [2.05, 4.69) is 5.32 Å². The lowest BCUT2D eigenvalue weighted by atomic mass is 10.0. The van der Waals surface area contributed by atoms with E-state index in [0.717, 1.165) is 0 Å². The third-order valence-electron chi connectivity index (χ3n) is 2.77. The maximum absolute atomic E-state index is 11.7. The monoisotopic (exact) mass is 298 g/mol. The van der Waals surface area contributed by atoms with Gasteiger partial charge in [0, 0.05) is 5.69 Å². The van der Waals surface area contributed by atoms with Gasteiger partial charge in [-0.2, -0.15) is 0 Å². The van der Waals surface area contributed by atoms with Gasteiger partial charge in [-0.3, -0.25) is 4.79 Å². The number of hydrogen-bond donors (Lipinski definition) is 2. The van der Waals surface area contributed by atoms with Crippen LogP contribution in [0, 0.1) is 5.92 Å². The molecule has 110 valence electrons. The summed E-state index contributed by atoms with van der Waals surface area (Å²) >= 11 is 5.97. The van der Waals surface area contributed by atoms with Crippen molar-refractivity contribution in [3.8, 4) is 0 Å². The van der Waals surface area contributed by atoms with E-state index in [0.29, 0.717) is 18.0 Å². The second kappa shape index (κ2) is 7.14. The van der Waals surface area contributed by atoms with Gasteiger partial charge in [-0.1, -0.05) is 25.4 Å². The Morgan fingerprint density at radius 1 is 1.40 bits per heavy atom. The molecule has 1 aromatic rings. The Morgan fingerprint density at radius 2 is 2.05 bits per heavy atom. The normalized spacial score (nSPS) is 12.1. The minimum Gasteiger partial charge on any atom is -0.467 e. The number of halogens is 1. The quantitative estimate of drug-likeness (QED) is 0.790. The van der Waals surface area contributed by atoms with Crippen molar-refractivity contribution in [3.05, 3.63) is 28.8 Å². The van der Waals surface area contributed by atoms with E-state index in [1.165, 1.54) is 13.2 Å². The number of ether oxygens (including phenoxy) is 1. The van der Waals surface area contributed by atoms with Gasteiger partial charge < -0.3 is 15.8 Å². The molecule has 0 heterocycles. The first-order valence-electron chi connectivity index (χ1n) is 6.28. The number of amides is 1. The fraction of sp³-hybridized carbons (Fsp3) is 0.429. The molecular formula is C14H19ClN2O3. The number of nitrogens with two attached hydrogens (primary N) is 1. The van der Waals surface area contributed by atoms with Crippen LogP contribution in [0.3, 0.4) is 0 Å². The van der Waals surface area contributed by atoms with Crippen molar-refractivity contribution < 1.29 is 14.3 Å². The van der Waals surface area contributed by atoms with E-state index in [1.54, 1.807) is 12.1 Å². The van der Waals surface area contributed by atoms with Gasteiger partial charge in [-0.15, -0.1) is 0 Å². The molecule has 20 heavy (non-hydrogen) atoms. The van der Waals surface area contributed by atoms with Crippen LogP contribution >= 0.6 is 11.6 Å². The molecule has 0 bridgehead atoms. The van der Waals surface area contributed by atoms with Gasteiger partial charge in [0.05, 0.1) is 17.7 Å². The van der Waals surface area contributed by atoms with Crippen LogP contribution in [0.2, 0.25) is 5.02 Å². The minimum atomic E-state index is -0.590. The second-order valence-corrected chi connectivity index (χ2v) is 5.32. The summed E-state index contributed by atoms with van der Waals surface area (Å²) in [6.07, 6.45) is 0.627. The summed E-state index contributed by atoms with van der Waals surface area (Å²) in [5.74, 6) is -0.603. The summed E-state index contributed by atoms with van der Waals surface area (Å²) < 4.78 is 4.77. The van der Waals surface area contributed by atoms with Gasteiger partial charge in [0.1, 0.15) is 6.04 Å². The molecule has 1 unspecified atom stereocenters. The van der Waals surface area contributed by atoms with Gasteiger partial charge >= 0.3 is 5.97 Å². The summed E-state index contributed by atoms with van der Waals surface area (Å²) in [6, 6.07) is 4.28. The molecule has 0 aliphatic heterocycles. The standard InChI is InChI=1S/C14H19ClN2O3/c1-8(2)6-12(14(19)20-3)17-9-4-5-10(13(16)18)11(15)7-9/h4-5,7-8,12,17H,6H2,1-3H3,(H2,16,18). The second-order valence-electron chi connectivity index (χ2n) is 4.91. The van der Waals surface area contributed by atoms with Crippen LogP contribution in [-0.4, -0.2) is 25.0 Å². The molecule has 5 nitrogen and oxygen atoms in total. The molecule has 0 radical (unpaired) electrons. The van der Waals surface area contributed by atoms with Crippen molar-refractivity contribution in [1.29, 1.82) is 0 Å². The fourth-order valence-corrected chi connectivity index (χ4v) is 2.11. The molecule has 1 aromatic carbocycles. The Balaban J connectivity index is 2.91. The average molecular weight is 299 g/mol. The van der Waals surface area contributed by atoms with Crippen LogP contribution in [0.1, 0.15) is 30.6 Å². The van der Waals surface area contributed by atoms with Crippen LogP contribution in [0.25, 0.3) is 0 Å². The van der Waals surface area contributed by atoms with Gasteiger partial charge in [0.15, 0.2) is 0 Å². The molecular weight excluding hydrogens is 280 g/mol. The van der Waals surface area contributed by atoms with E-state index >= 15 is 0 Å². The lowest BCUT2D eigenvalue weighted by Crippen LogP contribution is -2.32. The molecule has 0 spiro atoms. The molecule has 3 N–H and O–H groups in total. The summed E-state index contributed by atoms with van der Waals surface area (Å²) in [5, 5.41) is 3.30. The largest absolute Gasteiger partial charge is 0.467 e. The third-order valence-corrected chi connectivity index (χ3v) is 3.08. The van der Waals surface area contributed by atoms with Crippen molar-refractivity contribution >= 4 is 29.2 Å². The van der Waals surface area contributed by atoms with Gasteiger partial charge in [0.2, 0.25) is 5.91 Å². The van der Waals surface area contributed by atoms with Crippen LogP contribution in [0.5, 0.6) is 0 Å². The van der Waals surface area contributed by atoms with Gasteiger partial charge in [-0.05, 0) is 30.5 Å². The average Bonchev–Trinajstić information content (AvgIpc) is 2.36. The summed E-state index contributed by atoms with van der Waals surface area (Å²) in [5.41, 5.74) is 6.06. The van der Waals surface area contributed by atoms with Crippen LogP contribution in [0.15, 0.2) is 18.2 Å². The molecule has 0 aliphatic carbocycles. The lowest BCUT2D eigenvalue weighted by molar-refractivity contribution is -0.141. The molecule has 0 saturated heterocycles. The zero-order valence-electron chi connectivity index (χ0n) is 11.8. The summed E-state index contributed by atoms with van der Waals surface area (Å²) in [7, 11) is 1.35. The molecule has 0 aromatic heterocycles. The van der Waals surface area contributed by atoms with Crippen LogP contribution in [0.4, 0.5) is 5.69 Å². The number of primary amides is 1. The van der Waals surface area contributed by atoms with Gasteiger partial charge in [0.25, 0.3) is 0 Å². The molecule has 1 rings (SSSR count). The van der Waals surface area contributed by atoms with Gasteiger partial charge in [-0.25, -0.2) is 4.79 Å². The van der Waals surface area contributed by atoms with E-state index < -0.39 is 11.9 Å². The number of benzene rings is 1. The fourth-order valence-electron chi connectivity index (χ4n) is 1.83. The highest BCUT2D eigenvalue weighted by Gasteiger charge is 2.20. The Labute approximate surface area is 123 Å². The number of methoxy groups -OCH3 is 1. The first kappa shape index (κ1) is 16.3. The zero-order chi connectivity index (χ0) is 15.3. The number of carbonyl (C=O) groups is 2. The van der Waals surface area contributed by atoms with Crippen molar-refractivity contribution in [2.75, 3.05) is 12.4 Å². The first-order valence-corrected chi connectivity index (χ1v) is 6.66. The van der Waals surface area contributed by atoms with Crippen molar-refractivity contribution in [2.24, 2.45) is 11.7 Å². The number of carbonyl (C=O) groups excluding carboxylic acids is 2. The first-order chi connectivity index (χ1) is 9.35. The maximum Gasteiger partial charge on any atom is 0.328 e. The Bertz CT molecular complexity index is 503. The minimum absolute atomic E-state index is 0.246. The lowest BCUT2D eigenvalue weighted by Gasteiger charge is -2.19. The molecule has 6 heteroatoms. The zero-order valence-corrected chi connectivity index (χ0v) is 12.5. The smallest absolute Gasteiger partial charge is 0.328 e. The number of hydrogen-bond acceptors (Lipinski definition) is 4. The number of nitrogens with one attached hydrogen (secondary N) is 1. The molecule has 0 aliphatic rings. The highest BCUT2D eigenvalue weighted by molar-refractivity contribution is 6.34. The molecule has 1 atom stereocenters. The molecule has 0 saturated carbocycles. The van der Waals surface area contributed by atoms with Crippen molar-refractivity contribution in [2.45, 2.75) is 26.3 Å². The number of rotatable bonds is 6. The highest BCUT2D eigenvalue weighted by atomic mass is 35.5. The predicted octanol–water partition coefficient (Wildman–Crippen LogP) is 2.44. The number of anilines is 1. The molecule has 1 amide bonds. The summed E-state index contributed by atoms with van der Waals surface area (Å²) in [4.78, 5) is 22.8. The molecule has 0 fully saturated rings. The Hall–Kier alpha value is -1.75. The Morgan fingerprint density at radius 3 is 2.50 bits per heavy atom. The van der Waals surface area contributed by atoms with Crippen LogP contribution < -0.4 is 11.1 Å². The van der Waals surface area contributed by atoms with E-state index in [1.807, 2.05) is 13.8 Å². The van der Waals surface area contributed by atoms with E-state index in [9.17, 15) is 9.59 Å². The van der Waals surface area contributed by atoms with Crippen LogP contribution in [-0.2, 0) is 9.53 Å². The van der Waals surface area contributed by atoms with E-state index in [-0.39, 0.29) is 16.6 Å². The topological polar surface area (TPSA) is 81.4 Å². The third kappa shape index (κ3) is 4.42. The van der Waals surface area contributed by atoms with E-state index in [4.69, 9.17) is 22.1 Å². The van der Waals surface area contributed by atoms with Crippen molar-refractivity contribution in [3.63, 3.8) is 0 Å². The summed E-state index contributed by atoms with van der Waals surface area (Å²) in [6.45, 7) is 4.03.